The minimum atomic E-state index is -0.146. The number of ether oxygens (including phenoxy) is 1. The van der Waals surface area contributed by atoms with Gasteiger partial charge >= 0.3 is 0 Å². The highest BCUT2D eigenvalue weighted by Crippen LogP contribution is 2.13. The average molecular weight is 302 g/mol. The van der Waals surface area contributed by atoms with E-state index in [1.54, 1.807) is 25.3 Å². The van der Waals surface area contributed by atoms with Gasteiger partial charge < -0.3 is 10.1 Å². The largest absolute Gasteiger partial charge is 0.497 e. The third-order valence-electron chi connectivity index (χ3n) is 2.90. The summed E-state index contributed by atoms with van der Waals surface area (Å²) in [5.41, 5.74) is 1.92. The first kappa shape index (κ1) is 15.1. The molecule has 0 unspecified atom stereocenters. The van der Waals surface area contributed by atoms with Crippen LogP contribution in [0.2, 0.25) is 5.02 Å². The summed E-state index contributed by atoms with van der Waals surface area (Å²) in [4.78, 5) is 11.8. The topological polar surface area (TPSA) is 38.3 Å². The van der Waals surface area contributed by atoms with Gasteiger partial charge in [0.25, 0.3) is 0 Å². The molecule has 0 saturated heterocycles. The second-order valence-electron chi connectivity index (χ2n) is 4.45. The monoisotopic (exact) mass is 301 g/mol. The molecule has 21 heavy (non-hydrogen) atoms. The number of hydrogen-bond acceptors (Lipinski definition) is 2. The number of nitrogens with one attached hydrogen (secondary N) is 1. The summed E-state index contributed by atoms with van der Waals surface area (Å²) in [6, 6.07) is 14.9. The fraction of sp³-hybridized carbons (Fsp3) is 0.118. The van der Waals surface area contributed by atoms with E-state index in [0.717, 1.165) is 16.9 Å². The number of methoxy groups -OCH3 is 1. The van der Waals surface area contributed by atoms with Crippen LogP contribution in [-0.4, -0.2) is 13.0 Å². The molecule has 2 aromatic carbocycles. The number of halogens is 1. The zero-order valence-corrected chi connectivity index (χ0v) is 12.4. The molecule has 2 aromatic rings. The molecule has 0 bridgehead atoms. The molecule has 0 saturated carbocycles. The molecular weight excluding hydrogens is 286 g/mol. The molecule has 2 rings (SSSR count). The minimum absolute atomic E-state index is 0.146. The van der Waals surface area contributed by atoms with Crippen molar-refractivity contribution in [3.63, 3.8) is 0 Å². The Hall–Kier alpha value is -2.26. The van der Waals surface area contributed by atoms with Gasteiger partial charge in [0.15, 0.2) is 0 Å². The van der Waals surface area contributed by atoms with E-state index in [1.165, 1.54) is 6.08 Å². The van der Waals surface area contributed by atoms with Crippen molar-refractivity contribution in [3.8, 4) is 5.75 Å². The summed E-state index contributed by atoms with van der Waals surface area (Å²) in [6.07, 6.45) is 3.25. The number of benzene rings is 2. The molecule has 0 spiro atoms. The van der Waals surface area contributed by atoms with Crippen LogP contribution in [0.15, 0.2) is 54.6 Å². The molecule has 1 amide bonds. The van der Waals surface area contributed by atoms with E-state index in [9.17, 15) is 4.79 Å². The van der Waals surface area contributed by atoms with Crippen molar-refractivity contribution in [1.82, 2.24) is 5.32 Å². The van der Waals surface area contributed by atoms with Gasteiger partial charge in [-0.25, -0.2) is 0 Å². The van der Waals surface area contributed by atoms with Crippen molar-refractivity contribution >= 4 is 23.6 Å². The second-order valence-corrected chi connectivity index (χ2v) is 4.89. The lowest BCUT2D eigenvalue weighted by molar-refractivity contribution is -0.116. The Balaban J connectivity index is 1.88. The van der Waals surface area contributed by atoms with Crippen LogP contribution >= 0.6 is 11.6 Å². The Morgan fingerprint density at radius 2 is 2.00 bits per heavy atom. The highest BCUT2D eigenvalue weighted by molar-refractivity contribution is 6.30. The zero-order chi connectivity index (χ0) is 15.1. The van der Waals surface area contributed by atoms with Crippen LogP contribution in [-0.2, 0) is 11.3 Å². The molecule has 0 aromatic heterocycles. The maximum atomic E-state index is 11.8. The van der Waals surface area contributed by atoms with E-state index in [0.29, 0.717) is 11.6 Å². The molecule has 0 aliphatic rings. The highest BCUT2D eigenvalue weighted by atomic mass is 35.5. The first-order valence-corrected chi connectivity index (χ1v) is 6.89. The van der Waals surface area contributed by atoms with E-state index < -0.39 is 0 Å². The van der Waals surface area contributed by atoms with Gasteiger partial charge in [-0.1, -0.05) is 35.9 Å². The molecule has 1 N–H and O–H groups in total. The van der Waals surface area contributed by atoms with Gasteiger partial charge in [0.2, 0.25) is 5.91 Å². The highest BCUT2D eigenvalue weighted by Gasteiger charge is 1.98. The van der Waals surface area contributed by atoms with Gasteiger partial charge in [-0.2, -0.15) is 0 Å². The molecule has 0 fully saturated rings. The Morgan fingerprint density at radius 1 is 1.24 bits per heavy atom. The lowest BCUT2D eigenvalue weighted by Crippen LogP contribution is -2.20. The van der Waals surface area contributed by atoms with Gasteiger partial charge in [0.1, 0.15) is 5.75 Å². The number of carbonyl (C=O) groups excluding carboxylic acids is 1. The van der Waals surface area contributed by atoms with Crippen molar-refractivity contribution in [2.24, 2.45) is 0 Å². The van der Waals surface area contributed by atoms with Crippen molar-refractivity contribution < 1.29 is 9.53 Å². The van der Waals surface area contributed by atoms with Crippen LogP contribution in [0.3, 0.4) is 0 Å². The fourth-order valence-electron chi connectivity index (χ4n) is 1.77. The molecule has 0 radical (unpaired) electrons. The van der Waals surface area contributed by atoms with Gasteiger partial charge in [-0.05, 0) is 41.5 Å². The summed E-state index contributed by atoms with van der Waals surface area (Å²) in [7, 11) is 1.61. The summed E-state index contributed by atoms with van der Waals surface area (Å²) in [6.45, 7) is 0.471. The number of carbonyl (C=O) groups is 1. The van der Waals surface area contributed by atoms with Crippen LogP contribution in [0.4, 0.5) is 0 Å². The summed E-state index contributed by atoms with van der Waals surface area (Å²) in [5, 5.41) is 3.50. The maximum Gasteiger partial charge on any atom is 0.244 e. The van der Waals surface area contributed by atoms with Crippen molar-refractivity contribution in [2.45, 2.75) is 6.54 Å². The van der Waals surface area contributed by atoms with Crippen molar-refractivity contribution in [3.05, 3.63) is 70.8 Å². The Bertz CT molecular complexity index is 635. The Kier molecular flexibility index (Phi) is 5.41. The van der Waals surface area contributed by atoms with E-state index in [1.807, 2.05) is 36.4 Å². The van der Waals surface area contributed by atoms with Crippen molar-refractivity contribution in [2.75, 3.05) is 7.11 Å². The first-order chi connectivity index (χ1) is 10.2. The molecular formula is C17H16ClNO2. The molecule has 108 valence electrons. The number of amides is 1. The molecule has 0 atom stereocenters. The Labute approximate surface area is 129 Å². The molecule has 0 aliphatic heterocycles. The number of rotatable bonds is 5. The minimum Gasteiger partial charge on any atom is -0.497 e. The van der Waals surface area contributed by atoms with Crippen LogP contribution in [0.25, 0.3) is 6.08 Å². The van der Waals surface area contributed by atoms with E-state index in [2.05, 4.69) is 5.32 Å². The molecule has 3 nitrogen and oxygen atoms in total. The molecule has 0 heterocycles. The first-order valence-electron chi connectivity index (χ1n) is 6.52. The van der Waals surface area contributed by atoms with Crippen LogP contribution in [0.1, 0.15) is 11.1 Å². The lowest BCUT2D eigenvalue weighted by atomic mass is 10.2. The van der Waals surface area contributed by atoms with Crippen LogP contribution in [0, 0.1) is 0 Å². The third-order valence-corrected chi connectivity index (χ3v) is 3.15. The maximum absolute atomic E-state index is 11.8. The zero-order valence-electron chi connectivity index (χ0n) is 11.7. The predicted octanol–water partition coefficient (Wildman–Crippen LogP) is 3.68. The normalized spacial score (nSPS) is 10.6. The van der Waals surface area contributed by atoms with Crippen LogP contribution < -0.4 is 10.1 Å². The van der Waals surface area contributed by atoms with Gasteiger partial charge in [-0.15, -0.1) is 0 Å². The third kappa shape index (κ3) is 4.97. The van der Waals surface area contributed by atoms with Crippen molar-refractivity contribution in [1.29, 1.82) is 0 Å². The van der Waals surface area contributed by atoms with E-state index in [-0.39, 0.29) is 5.91 Å². The standard InChI is InChI=1S/C17H16ClNO2/c1-21-16-4-2-3-13(11-16)7-10-17(20)19-12-14-5-8-15(18)9-6-14/h2-11H,12H2,1H3,(H,19,20). The fourth-order valence-corrected chi connectivity index (χ4v) is 1.89. The van der Waals surface area contributed by atoms with Crippen LogP contribution in [0.5, 0.6) is 5.75 Å². The van der Waals surface area contributed by atoms with Gasteiger partial charge in [0.05, 0.1) is 7.11 Å². The summed E-state index contributed by atoms with van der Waals surface area (Å²) >= 11 is 5.81. The second kappa shape index (κ2) is 7.50. The van der Waals surface area contributed by atoms with Gasteiger partial charge in [-0.3, -0.25) is 4.79 Å². The predicted molar refractivity (Wildman–Crippen MR) is 85.3 cm³/mol. The lowest BCUT2D eigenvalue weighted by Gasteiger charge is -2.03. The molecule has 0 aliphatic carbocycles. The quantitative estimate of drug-likeness (QED) is 0.856. The van der Waals surface area contributed by atoms with E-state index >= 15 is 0 Å². The smallest absolute Gasteiger partial charge is 0.244 e. The number of hydrogen-bond donors (Lipinski definition) is 1. The Morgan fingerprint density at radius 3 is 2.71 bits per heavy atom. The SMILES string of the molecule is COc1cccc(C=CC(=O)NCc2ccc(Cl)cc2)c1. The summed E-state index contributed by atoms with van der Waals surface area (Å²) < 4.78 is 5.13. The summed E-state index contributed by atoms with van der Waals surface area (Å²) in [5.74, 6) is 0.617. The average Bonchev–Trinajstić information content (AvgIpc) is 2.52. The van der Waals surface area contributed by atoms with Gasteiger partial charge in [0, 0.05) is 17.6 Å². The molecule has 4 heteroatoms. The van der Waals surface area contributed by atoms with E-state index in [4.69, 9.17) is 16.3 Å².